The van der Waals surface area contributed by atoms with E-state index < -0.39 is 11.6 Å². The topological polar surface area (TPSA) is 71.3 Å². The van der Waals surface area contributed by atoms with Gasteiger partial charge in [-0.1, -0.05) is 17.7 Å². The summed E-state index contributed by atoms with van der Waals surface area (Å²) in [6.07, 6.45) is 2.26. The fraction of sp³-hybridized carbons (Fsp3) is 0.111. The number of hydrogen-bond acceptors (Lipinski definition) is 4. The van der Waals surface area contributed by atoms with Crippen LogP contribution in [0.1, 0.15) is 33.7 Å². The zero-order valence-electron chi connectivity index (χ0n) is 18.7. The molecule has 178 valence electrons. The predicted octanol–water partition coefficient (Wildman–Crippen LogP) is 7.07. The number of ketones is 1. The number of rotatable bonds is 8. The second kappa shape index (κ2) is 10.5. The van der Waals surface area contributed by atoms with Gasteiger partial charge in [0, 0.05) is 41.4 Å². The molecule has 0 aliphatic carbocycles. The maximum absolute atomic E-state index is 13.9. The van der Waals surface area contributed by atoms with E-state index >= 15 is 0 Å². The zero-order valence-corrected chi connectivity index (χ0v) is 19.5. The molecule has 0 saturated carbocycles. The Bertz CT molecular complexity index is 1390. The molecule has 0 atom stereocenters. The van der Waals surface area contributed by atoms with Crippen molar-refractivity contribution in [2.24, 2.45) is 0 Å². The molecule has 4 rings (SSSR count). The Kier molecular flexibility index (Phi) is 7.27. The first-order valence-electron chi connectivity index (χ1n) is 10.8. The number of anilines is 3. The summed E-state index contributed by atoms with van der Waals surface area (Å²) in [6, 6.07) is 16.4. The molecule has 4 aromatic rings. The van der Waals surface area contributed by atoms with Crippen molar-refractivity contribution in [2.45, 2.75) is 19.8 Å². The number of furan rings is 1. The van der Waals surface area contributed by atoms with Crippen LogP contribution < -0.4 is 10.6 Å². The molecule has 0 radical (unpaired) electrons. The molecule has 1 heterocycles. The third-order valence-corrected chi connectivity index (χ3v) is 5.68. The van der Waals surface area contributed by atoms with Gasteiger partial charge in [0.2, 0.25) is 5.91 Å². The van der Waals surface area contributed by atoms with E-state index in [1.807, 2.05) is 0 Å². The third kappa shape index (κ3) is 5.94. The Morgan fingerprint density at radius 1 is 0.943 bits per heavy atom. The van der Waals surface area contributed by atoms with Crippen molar-refractivity contribution in [1.82, 2.24) is 0 Å². The Morgan fingerprint density at radius 3 is 2.46 bits per heavy atom. The summed E-state index contributed by atoms with van der Waals surface area (Å²) >= 11 is 6.38. The van der Waals surface area contributed by atoms with Gasteiger partial charge in [0.05, 0.1) is 17.0 Å². The van der Waals surface area contributed by atoms with Crippen LogP contribution in [0.3, 0.4) is 0 Å². The van der Waals surface area contributed by atoms with Gasteiger partial charge in [-0.15, -0.1) is 0 Å². The minimum Gasteiger partial charge on any atom is -0.469 e. The van der Waals surface area contributed by atoms with Crippen molar-refractivity contribution < 1.29 is 22.8 Å². The van der Waals surface area contributed by atoms with E-state index in [-0.39, 0.29) is 34.4 Å². The average molecular weight is 495 g/mol. The highest BCUT2D eigenvalue weighted by Gasteiger charge is 2.17. The zero-order chi connectivity index (χ0) is 24.9. The SMILES string of the molecule is Cc1ccc(NC(=O)CCc2ccco2)cc1C(=O)c1ccc(Nc2ccc(F)cc2F)cc1Cl. The van der Waals surface area contributed by atoms with Crippen LogP contribution in [0.25, 0.3) is 0 Å². The number of hydrogen-bond donors (Lipinski definition) is 2. The van der Waals surface area contributed by atoms with Crippen molar-refractivity contribution in [3.05, 3.63) is 112 Å². The minimum absolute atomic E-state index is 0.0767. The lowest BCUT2D eigenvalue weighted by molar-refractivity contribution is -0.116. The normalized spacial score (nSPS) is 10.7. The van der Waals surface area contributed by atoms with Crippen molar-refractivity contribution in [3.63, 3.8) is 0 Å². The number of aryl methyl sites for hydroxylation is 2. The van der Waals surface area contributed by atoms with Crippen LogP contribution in [0.4, 0.5) is 25.8 Å². The maximum Gasteiger partial charge on any atom is 0.224 e. The molecule has 0 bridgehead atoms. The molecule has 1 aromatic heterocycles. The highest BCUT2D eigenvalue weighted by atomic mass is 35.5. The molecule has 1 amide bonds. The molecule has 5 nitrogen and oxygen atoms in total. The second-order valence-electron chi connectivity index (χ2n) is 7.93. The van der Waals surface area contributed by atoms with Gasteiger partial charge in [-0.2, -0.15) is 0 Å². The first-order valence-corrected chi connectivity index (χ1v) is 11.2. The van der Waals surface area contributed by atoms with Gasteiger partial charge in [-0.05, 0) is 67.1 Å². The summed E-state index contributed by atoms with van der Waals surface area (Å²) in [4.78, 5) is 25.6. The molecule has 35 heavy (non-hydrogen) atoms. The molecule has 0 aliphatic heterocycles. The molecular formula is C27H21ClF2N2O3. The van der Waals surface area contributed by atoms with Crippen molar-refractivity contribution >= 4 is 40.4 Å². The summed E-state index contributed by atoms with van der Waals surface area (Å²) in [5.41, 5.74) is 2.36. The van der Waals surface area contributed by atoms with E-state index in [4.69, 9.17) is 16.0 Å². The number of amides is 1. The van der Waals surface area contributed by atoms with E-state index in [0.717, 1.165) is 23.5 Å². The van der Waals surface area contributed by atoms with Crippen molar-refractivity contribution in [2.75, 3.05) is 10.6 Å². The van der Waals surface area contributed by atoms with Crippen LogP contribution in [0.5, 0.6) is 0 Å². The highest BCUT2D eigenvalue weighted by Crippen LogP contribution is 2.28. The van der Waals surface area contributed by atoms with E-state index in [9.17, 15) is 18.4 Å². The summed E-state index contributed by atoms with van der Waals surface area (Å²) in [5.74, 6) is -1.24. The monoisotopic (exact) mass is 494 g/mol. The first-order chi connectivity index (χ1) is 16.8. The summed E-state index contributed by atoms with van der Waals surface area (Å²) in [6.45, 7) is 1.79. The van der Waals surface area contributed by atoms with Gasteiger partial charge in [0.25, 0.3) is 0 Å². The Morgan fingerprint density at radius 2 is 1.74 bits per heavy atom. The summed E-state index contributed by atoms with van der Waals surface area (Å²) in [5, 5.41) is 5.78. The molecule has 8 heteroatoms. The highest BCUT2D eigenvalue weighted by molar-refractivity contribution is 6.35. The van der Waals surface area contributed by atoms with E-state index in [0.29, 0.717) is 23.4 Å². The van der Waals surface area contributed by atoms with Crippen molar-refractivity contribution in [1.29, 1.82) is 0 Å². The third-order valence-electron chi connectivity index (χ3n) is 5.37. The Balaban J connectivity index is 1.48. The number of halogens is 3. The maximum atomic E-state index is 13.9. The fourth-order valence-electron chi connectivity index (χ4n) is 3.53. The number of carbonyl (C=O) groups is 2. The molecular weight excluding hydrogens is 474 g/mol. The molecule has 0 saturated heterocycles. The smallest absolute Gasteiger partial charge is 0.224 e. The largest absolute Gasteiger partial charge is 0.469 e. The van der Waals surface area contributed by atoms with Crippen LogP contribution >= 0.6 is 11.6 Å². The van der Waals surface area contributed by atoms with Crippen LogP contribution in [0.15, 0.2) is 77.4 Å². The molecule has 0 fully saturated rings. The minimum atomic E-state index is -0.750. The van der Waals surface area contributed by atoms with Crippen LogP contribution in [0.2, 0.25) is 5.02 Å². The second-order valence-corrected chi connectivity index (χ2v) is 8.34. The van der Waals surface area contributed by atoms with Gasteiger partial charge in [-0.3, -0.25) is 9.59 Å². The van der Waals surface area contributed by atoms with Gasteiger partial charge in [-0.25, -0.2) is 8.78 Å². The van der Waals surface area contributed by atoms with Gasteiger partial charge >= 0.3 is 0 Å². The summed E-state index contributed by atoms with van der Waals surface area (Å²) < 4.78 is 32.3. The lowest BCUT2D eigenvalue weighted by atomic mass is 9.98. The molecule has 0 unspecified atom stereocenters. The van der Waals surface area contributed by atoms with Gasteiger partial charge in [0.1, 0.15) is 17.4 Å². The Labute approximate surface area is 205 Å². The molecule has 2 N–H and O–H groups in total. The van der Waals surface area contributed by atoms with Crippen LogP contribution in [-0.2, 0) is 11.2 Å². The lowest BCUT2D eigenvalue weighted by Gasteiger charge is -2.12. The number of nitrogens with one attached hydrogen (secondary N) is 2. The number of benzene rings is 3. The van der Waals surface area contributed by atoms with E-state index in [1.165, 1.54) is 18.2 Å². The van der Waals surface area contributed by atoms with Crippen LogP contribution in [-0.4, -0.2) is 11.7 Å². The van der Waals surface area contributed by atoms with Crippen molar-refractivity contribution in [3.8, 4) is 0 Å². The Hall–Kier alpha value is -3.97. The average Bonchev–Trinajstić information content (AvgIpc) is 3.34. The van der Waals surface area contributed by atoms with E-state index in [2.05, 4.69) is 10.6 Å². The van der Waals surface area contributed by atoms with Crippen LogP contribution in [0, 0.1) is 18.6 Å². The first kappa shape index (κ1) is 24.2. The molecule has 0 aliphatic rings. The van der Waals surface area contributed by atoms with E-state index in [1.54, 1.807) is 49.6 Å². The summed E-state index contributed by atoms with van der Waals surface area (Å²) in [7, 11) is 0. The predicted molar refractivity (Wildman–Crippen MR) is 131 cm³/mol. The van der Waals surface area contributed by atoms with Gasteiger partial charge in [0.15, 0.2) is 5.78 Å². The molecule has 3 aromatic carbocycles. The molecule has 0 spiro atoms. The quantitative estimate of drug-likeness (QED) is 0.257. The standard InChI is InChI=1S/C27H21ClF2N2O3/c1-16-4-6-18(32-26(33)11-8-20-3-2-12-35-20)14-22(16)27(34)21-9-7-19(15-23(21)28)31-25-10-5-17(29)13-24(25)30/h2-7,9-10,12-15,31H,8,11H2,1H3,(H,32,33). The van der Waals surface area contributed by atoms with Gasteiger partial charge < -0.3 is 15.1 Å². The number of carbonyl (C=O) groups excluding carboxylic acids is 2. The fourth-order valence-corrected chi connectivity index (χ4v) is 3.79. The lowest BCUT2D eigenvalue weighted by Crippen LogP contribution is -2.13.